The lowest BCUT2D eigenvalue weighted by Gasteiger charge is -2.37. The smallest absolute Gasteiger partial charge is 0.253 e. The zero-order valence-corrected chi connectivity index (χ0v) is 19.0. The Hall–Kier alpha value is -3.80. The van der Waals surface area contributed by atoms with Gasteiger partial charge in [0.25, 0.3) is 5.91 Å². The van der Waals surface area contributed by atoms with Crippen LogP contribution in [0.15, 0.2) is 82.6 Å². The van der Waals surface area contributed by atoms with Crippen molar-refractivity contribution >= 4 is 21.5 Å². The van der Waals surface area contributed by atoms with Gasteiger partial charge >= 0.3 is 0 Å². The Morgan fingerprint density at radius 3 is 2.21 bits per heavy atom. The first-order valence-electron chi connectivity index (χ1n) is 10.9. The van der Waals surface area contributed by atoms with Crippen LogP contribution in [0.3, 0.4) is 0 Å². The molecule has 3 aromatic rings. The predicted molar refractivity (Wildman–Crippen MR) is 124 cm³/mol. The van der Waals surface area contributed by atoms with E-state index in [9.17, 15) is 23.3 Å². The fourth-order valence-corrected chi connectivity index (χ4v) is 6.26. The Labute approximate surface area is 197 Å². The van der Waals surface area contributed by atoms with Crippen LogP contribution < -0.4 is 0 Å². The Balaban J connectivity index is 1.37. The third kappa shape index (κ3) is 3.59. The van der Waals surface area contributed by atoms with Gasteiger partial charge in [-0.1, -0.05) is 42.5 Å². The Morgan fingerprint density at radius 2 is 1.50 bits per heavy atom. The summed E-state index contributed by atoms with van der Waals surface area (Å²) < 4.78 is 26.3. The third-order valence-corrected chi connectivity index (χ3v) is 8.24. The average Bonchev–Trinajstić information content (AvgIpc) is 2.88. The van der Waals surface area contributed by atoms with E-state index in [1.165, 1.54) is 30.3 Å². The summed E-state index contributed by atoms with van der Waals surface area (Å²) in [6, 6.07) is 21.8. The number of sulfone groups is 1. The van der Waals surface area contributed by atoms with Crippen molar-refractivity contribution in [2.75, 3.05) is 26.2 Å². The normalized spacial score (nSPS) is 17.9. The lowest BCUT2D eigenvalue weighted by Crippen LogP contribution is -2.49. The van der Waals surface area contributed by atoms with Gasteiger partial charge in [-0.2, -0.15) is 5.26 Å². The number of carbonyl (C=O) groups is 2. The number of rotatable bonds is 3. The summed E-state index contributed by atoms with van der Waals surface area (Å²) in [4.78, 5) is 29.6. The topological polar surface area (TPSA) is 98.5 Å². The fourth-order valence-electron chi connectivity index (χ4n) is 4.59. The van der Waals surface area contributed by atoms with Crippen molar-refractivity contribution in [1.29, 1.82) is 5.26 Å². The Bertz CT molecular complexity index is 1440. The van der Waals surface area contributed by atoms with Gasteiger partial charge in [0.2, 0.25) is 9.84 Å². The van der Waals surface area contributed by atoms with Crippen LogP contribution in [0.4, 0.5) is 0 Å². The summed E-state index contributed by atoms with van der Waals surface area (Å²) in [5.74, 6) is -0.659. The van der Waals surface area contributed by atoms with Gasteiger partial charge < -0.3 is 4.90 Å². The molecular weight excluding hydrogens is 450 g/mol. The van der Waals surface area contributed by atoms with Crippen molar-refractivity contribution in [3.8, 4) is 6.07 Å². The summed E-state index contributed by atoms with van der Waals surface area (Å²) in [7, 11) is -3.91. The molecule has 0 aliphatic carbocycles. The molecule has 0 spiro atoms. The summed E-state index contributed by atoms with van der Waals surface area (Å²) >= 11 is 0. The van der Waals surface area contributed by atoms with E-state index in [0.717, 1.165) is 5.56 Å². The molecule has 5 rings (SSSR count). The Kier molecular flexibility index (Phi) is 5.52. The van der Waals surface area contributed by atoms with Crippen molar-refractivity contribution < 1.29 is 18.0 Å². The molecule has 0 bridgehead atoms. The van der Waals surface area contributed by atoms with Crippen LogP contribution in [0.25, 0.3) is 0 Å². The molecule has 2 heterocycles. The largest absolute Gasteiger partial charge is 0.336 e. The molecule has 0 radical (unpaired) electrons. The summed E-state index contributed by atoms with van der Waals surface area (Å²) in [6.45, 7) is 1.87. The van der Waals surface area contributed by atoms with Gasteiger partial charge in [0.15, 0.2) is 5.78 Å². The number of ketones is 1. The van der Waals surface area contributed by atoms with Crippen molar-refractivity contribution in [2.24, 2.45) is 0 Å². The number of hydrogen-bond acceptors (Lipinski definition) is 6. The van der Waals surface area contributed by atoms with E-state index >= 15 is 0 Å². The summed E-state index contributed by atoms with van der Waals surface area (Å²) in [5, 5.41) is 9.68. The van der Waals surface area contributed by atoms with Crippen LogP contribution in [0.1, 0.15) is 37.9 Å². The van der Waals surface area contributed by atoms with Crippen LogP contribution in [0.2, 0.25) is 0 Å². The monoisotopic (exact) mass is 471 g/mol. The van der Waals surface area contributed by atoms with Gasteiger partial charge in [0.1, 0.15) is 6.04 Å². The number of amides is 1. The minimum atomic E-state index is -3.91. The highest BCUT2D eigenvalue weighted by atomic mass is 32.2. The minimum Gasteiger partial charge on any atom is -0.336 e. The molecule has 2 aliphatic heterocycles. The molecule has 8 heteroatoms. The first kappa shape index (κ1) is 22.0. The number of benzene rings is 3. The van der Waals surface area contributed by atoms with Gasteiger partial charge in [-0.25, -0.2) is 8.42 Å². The minimum absolute atomic E-state index is 0.0332. The van der Waals surface area contributed by atoms with Crippen molar-refractivity contribution in [2.45, 2.75) is 15.8 Å². The lowest BCUT2D eigenvalue weighted by molar-refractivity contribution is 0.0606. The zero-order valence-electron chi connectivity index (χ0n) is 18.2. The van der Waals surface area contributed by atoms with Gasteiger partial charge in [0.05, 0.1) is 15.9 Å². The van der Waals surface area contributed by atoms with Gasteiger partial charge in [-0.05, 0) is 35.9 Å². The molecule has 0 N–H and O–H groups in total. The van der Waals surface area contributed by atoms with E-state index in [1.807, 2.05) is 35.2 Å². The molecule has 1 atom stereocenters. The van der Waals surface area contributed by atoms with E-state index < -0.39 is 15.9 Å². The molecule has 170 valence electrons. The maximum atomic E-state index is 13.2. The van der Waals surface area contributed by atoms with E-state index in [1.54, 1.807) is 17.0 Å². The van der Waals surface area contributed by atoms with Gasteiger partial charge in [-0.3, -0.25) is 14.5 Å². The summed E-state index contributed by atoms with van der Waals surface area (Å²) in [6.07, 6.45) is 0. The van der Waals surface area contributed by atoms with E-state index in [2.05, 4.69) is 6.07 Å². The number of carbonyl (C=O) groups excluding carboxylic acids is 2. The second kappa shape index (κ2) is 8.52. The molecule has 0 saturated carbocycles. The van der Waals surface area contributed by atoms with Gasteiger partial charge in [-0.15, -0.1) is 0 Å². The maximum Gasteiger partial charge on any atom is 0.253 e. The van der Waals surface area contributed by atoms with Gasteiger partial charge in [0, 0.05) is 42.9 Å². The standard InChI is InChI=1S/C26H21N3O4S/c27-17-22(18-6-2-1-3-7-18)28-12-14-29(15-13-28)26(31)19-10-11-21-24(16-19)34(32,33)23-9-5-4-8-20(23)25(21)30/h1-11,16,22H,12-15H2. The second-order valence-corrected chi connectivity index (χ2v) is 10.2. The lowest BCUT2D eigenvalue weighted by atomic mass is 10.0. The van der Waals surface area contributed by atoms with E-state index in [4.69, 9.17) is 0 Å². The summed E-state index contributed by atoms with van der Waals surface area (Å²) in [5.41, 5.74) is 1.37. The Morgan fingerprint density at radius 1 is 0.853 bits per heavy atom. The zero-order chi connectivity index (χ0) is 23.9. The number of hydrogen-bond donors (Lipinski definition) is 0. The van der Waals surface area contributed by atoms with Crippen LogP contribution in [-0.4, -0.2) is 56.1 Å². The molecule has 1 amide bonds. The average molecular weight is 472 g/mol. The first-order valence-corrected chi connectivity index (χ1v) is 12.4. The molecule has 7 nitrogen and oxygen atoms in total. The highest BCUT2D eigenvalue weighted by Crippen LogP contribution is 2.35. The quantitative estimate of drug-likeness (QED) is 0.455. The number of nitrogens with zero attached hydrogens (tertiary/aromatic N) is 3. The molecule has 34 heavy (non-hydrogen) atoms. The molecular formula is C26H21N3O4S. The third-order valence-electron chi connectivity index (χ3n) is 6.39. The number of fused-ring (bicyclic) bond motifs is 2. The molecule has 2 aliphatic rings. The fraction of sp³-hybridized carbons (Fsp3) is 0.192. The van der Waals surface area contributed by atoms with Crippen LogP contribution >= 0.6 is 0 Å². The number of nitriles is 1. The maximum absolute atomic E-state index is 13.2. The van der Waals surface area contributed by atoms with Crippen LogP contribution in [0, 0.1) is 11.3 Å². The second-order valence-electron chi connectivity index (χ2n) is 8.31. The van der Waals surface area contributed by atoms with E-state index in [0.29, 0.717) is 26.2 Å². The molecule has 1 fully saturated rings. The van der Waals surface area contributed by atoms with Crippen molar-refractivity contribution in [1.82, 2.24) is 9.80 Å². The van der Waals surface area contributed by atoms with Crippen LogP contribution in [-0.2, 0) is 9.84 Å². The van der Waals surface area contributed by atoms with E-state index in [-0.39, 0.29) is 38.2 Å². The highest BCUT2D eigenvalue weighted by Gasteiger charge is 2.35. The molecule has 1 unspecified atom stereocenters. The van der Waals surface area contributed by atoms with Crippen molar-refractivity contribution in [3.63, 3.8) is 0 Å². The van der Waals surface area contributed by atoms with Crippen LogP contribution in [0.5, 0.6) is 0 Å². The predicted octanol–water partition coefficient (Wildman–Crippen LogP) is 3.09. The van der Waals surface area contributed by atoms with Crippen molar-refractivity contribution in [3.05, 3.63) is 95.1 Å². The number of piperazine rings is 1. The SMILES string of the molecule is N#CC(c1ccccc1)N1CCN(C(=O)c2ccc3c(c2)S(=O)(=O)c2ccccc2C3=O)CC1. The molecule has 0 aromatic heterocycles. The molecule has 3 aromatic carbocycles. The first-order chi connectivity index (χ1) is 16.4. The highest BCUT2D eigenvalue weighted by molar-refractivity contribution is 7.91. The molecule has 1 saturated heterocycles.